The van der Waals surface area contributed by atoms with Crippen molar-refractivity contribution in [1.82, 2.24) is 4.98 Å². The van der Waals surface area contributed by atoms with E-state index < -0.39 is 0 Å². The molecule has 0 fully saturated rings. The number of hydrogen-bond acceptors (Lipinski definition) is 1. The van der Waals surface area contributed by atoms with Crippen LogP contribution in [0.1, 0.15) is 5.56 Å². The molecule has 2 heteroatoms. The molecule has 0 bridgehead atoms. The van der Waals surface area contributed by atoms with Gasteiger partial charge in [-0.1, -0.05) is 12.1 Å². The van der Waals surface area contributed by atoms with E-state index in [2.05, 4.69) is 27.8 Å². The lowest BCUT2D eigenvalue weighted by molar-refractivity contribution is 1.40. The zero-order valence-electron chi connectivity index (χ0n) is 6.42. The molecule has 0 saturated carbocycles. The first kappa shape index (κ1) is 7.74. The third kappa shape index (κ3) is 1.12. The lowest BCUT2D eigenvalue weighted by Crippen LogP contribution is -1.82. The molecule has 1 radical (unpaired) electrons. The lowest BCUT2D eigenvalue weighted by atomic mass is 10.1. The summed E-state index contributed by atoms with van der Waals surface area (Å²) in [5.74, 6) is 0. The van der Waals surface area contributed by atoms with E-state index in [1.807, 2.05) is 24.3 Å². The van der Waals surface area contributed by atoms with Gasteiger partial charge in [-0.05, 0) is 40.5 Å². The molecule has 12 heavy (non-hydrogen) atoms. The van der Waals surface area contributed by atoms with Gasteiger partial charge < -0.3 is 0 Å². The van der Waals surface area contributed by atoms with Crippen molar-refractivity contribution < 1.29 is 0 Å². The number of fused-ring (bicyclic) bond motifs is 1. The Hall–Kier alpha value is -0.890. The molecule has 1 heterocycles. The van der Waals surface area contributed by atoms with Crippen LogP contribution >= 0.6 is 15.9 Å². The van der Waals surface area contributed by atoms with E-state index in [0.717, 1.165) is 20.9 Å². The Morgan fingerprint density at radius 2 is 2.08 bits per heavy atom. The number of benzene rings is 1. The van der Waals surface area contributed by atoms with E-state index in [0.29, 0.717) is 0 Å². The molecule has 1 aromatic carbocycles. The van der Waals surface area contributed by atoms with Crippen LogP contribution in [-0.4, -0.2) is 4.98 Å². The topological polar surface area (TPSA) is 12.9 Å². The van der Waals surface area contributed by atoms with Crippen LogP contribution in [0.2, 0.25) is 0 Å². The fourth-order valence-corrected chi connectivity index (χ4v) is 1.65. The Labute approximate surface area is 79.6 Å². The van der Waals surface area contributed by atoms with Gasteiger partial charge in [0.25, 0.3) is 0 Å². The minimum absolute atomic E-state index is 0.977. The van der Waals surface area contributed by atoms with Crippen LogP contribution in [0.3, 0.4) is 0 Å². The van der Waals surface area contributed by atoms with Gasteiger partial charge >= 0.3 is 0 Å². The highest BCUT2D eigenvalue weighted by atomic mass is 79.9. The smallest absolute Gasteiger partial charge is 0.0846 e. The Bertz CT molecular complexity index is 383. The molecule has 0 unspecified atom stereocenters. The zero-order valence-corrected chi connectivity index (χ0v) is 8.01. The van der Waals surface area contributed by atoms with Crippen molar-refractivity contribution in [2.45, 2.75) is 0 Å². The number of aromatic nitrogens is 1. The molecule has 0 aliphatic rings. The number of halogens is 1. The summed E-state index contributed by atoms with van der Waals surface area (Å²) in [6.07, 6.45) is 1.78. The second kappa shape index (κ2) is 2.87. The molecule has 0 aliphatic heterocycles. The highest BCUT2D eigenvalue weighted by Gasteiger charge is 2.00. The molecule has 0 atom stereocenters. The summed E-state index contributed by atoms with van der Waals surface area (Å²) in [6, 6.07) is 7.89. The molecule has 0 saturated heterocycles. The van der Waals surface area contributed by atoms with Crippen LogP contribution in [0.4, 0.5) is 0 Å². The van der Waals surface area contributed by atoms with E-state index in [1.165, 1.54) is 0 Å². The Kier molecular flexibility index (Phi) is 1.85. The Morgan fingerprint density at radius 3 is 2.83 bits per heavy atom. The van der Waals surface area contributed by atoms with E-state index in [-0.39, 0.29) is 0 Å². The predicted octanol–water partition coefficient (Wildman–Crippen LogP) is 3.18. The second-order valence-corrected chi connectivity index (χ2v) is 3.46. The van der Waals surface area contributed by atoms with Gasteiger partial charge in [-0.15, -0.1) is 0 Å². The number of nitrogens with zero attached hydrogens (tertiary/aromatic N) is 1. The van der Waals surface area contributed by atoms with E-state index in [9.17, 15) is 0 Å². The third-order valence-electron chi connectivity index (χ3n) is 1.81. The summed E-state index contributed by atoms with van der Waals surface area (Å²) in [6.45, 7) is 3.93. The minimum atomic E-state index is 0.977. The van der Waals surface area contributed by atoms with Gasteiger partial charge in [0.05, 0.1) is 5.52 Å². The number of rotatable bonds is 0. The molecular weight excluding hydrogens is 214 g/mol. The quantitative estimate of drug-likeness (QED) is 0.665. The molecule has 2 rings (SSSR count). The summed E-state index contributed by atoms with van der Waals surface area (Å²) in [4.78, 5) is 4.25. The lowest BCUT2D eigenvalue weighted by Gasteiger charge is -2.01. The van der Waals surface area contributed by atoms with Crippen LogP contribution in [0.5, 0.6) is 0 Å². The van der Waals surface area contributed by atoms with Gasteiger partial charge in [-0.3, -0.25) is 4.98 Å². The van der Waals surface area contributed by atoms with Gasteiger partial charge in [-0.25, -0.2) is 0 Å². The maximum atomic E-state index is 4.25. The highest BCUT2D eigenvalue weighted by Crippen LogP contribution is 2.23. The van der Waals surface area contributed by atoms with Gasteiger partial charge in [0.2, 0.25) is 0 Å². The van der Waals surface area contributed by atoms with Crippen LogP contribution in [0, 0.1) is 6.92 Å². The monoisotopic (exact) mass is 220 g/mol. The van der Waals surface area contributed by atoms with Gasteiger partial charge in [0, 0.05) is 16.1 Å². The third-order valence-corrected chi connectivity index (χ3v) is 2.45. The second-order valence-electron chi connectivity index (χ2n) is 2.61. The summed E-state index contributed by atoms with van der Waals surface area (Å²) < 4.78 is 1.02. The first-order chi connectivity index (χ1) is 5.79. The normalized spacial score (nSPS) is 10.5. The number of hydrogen-bond donors (Lipinski definition) is 0. The largest absolute Gasteiger partial charge is 0.255 e. The van der Waals surface area contributed by atoms with Crippen LogP contribution < -0.4 is 0 Å². The molecule has 0 N–H and O–H groups in total. The summed E-state index contributed by atoms with van der Waals surface area (Å²) in [7, 11) is 0. The van der Waals surface area contributed by atoms with Crippen molar-refractivity contribution in [2.24, 2.45) is 0 Å². The van der Waals surface area contributed by atoms with Crippen LogP contribution in [0.25, 0.3) is 10.9 Å². The maximum Gasteiger partial charge on any atom is 0.0846 e. The van der Waals surface area contributed by atoms with Crippen molar-refractivity contribution in [3.05, 3.63) is 47.4 Å². The van der Waals surface area contributed by atoms with E-state index in [1.54, 1.807) is 6.20 Å². The van der Waals surface area contributed by atoms with Gasteiger partial charge in [0.15, 0.2) is 0 Å². The van der Waals surface area contributed by atoms with Crippen molar-refractivity contribution in [2.75, 3.05) is 0 Å². The van der Waals surface area contributed by atoms with Crippen molar-refractivity contribution in [3.63, 3.8) is 0 Å². The summed E-state index contributed by atoms with van der Waals surface area (Å²) >= 11 is 3.44. The summed E-state index contributed by atoms with van der Waals surface area (Å²) in [5.41, 5.74) is 1.99. The molecule has 1 aromatic heterocycles. The molecule has 1 nitrogen and oxygen atoms in total. The fraction of sp³-hybridized carbons (Fsp3) is 0. The molecule has 0 spiro atoms. The Morgan fingerprint density at radius 1 is 1.25 bits per heavy atom. The van der Waals surface area contributed by atoms with Gasteiger partial charge in [-0.2, -0.15) is 0 Å². The average molecular weight is 221 g/mol. The minimum Gasteiger partial charge on any atom is -0.255 e. The number of pyridine rings is 1. The van der Waals surface area contributed by atoms with Crippen molar-refractivity contribution in [1.29, 1.82) is 0 Å². The fourth-order valence-electron chi connectivity index (χ4n) is 1.20. The molecule has 0 amide bonds. The van der Waals surface area contributed by atoms with E-state index in [4.69, 9.17) is 0 Å². The van der Waals surface area contributed by atoms with E-state index >= 15 is 0 Å². The van der Waals surface area contributed by atoms with Crippen LogP contribution in [0.15, 0.2) is 34.9 Å². The predicted molar refractivity (Wildman–Crippen MR) is 53.9 cm³/mol. The molecular formula is C10H7BrN. The van der Waals surface area contributed by atoms with Crippen molar-refractivity contribution in [3.8, 4) is 0 Å². The van der Waals surface area contributed by atoms with Crippen molar-refractivity contribution >= 4 is 26.8 Å². The molecule has 0 aliphatic carbocycles. The standard InChI is InChI=1S/C10H7BrN/c1-7-4-5-9(11)10-8(7)3-2-6-12-10/h2-6H,1H2. The average Bonchev–Trinajstić information content (AvgIpc) is 2.12. The van der Waals surface area contributed by atoms with Gasteiger partial charge in [0.1, 0.15) is 0 Å². The molecule has 59 valence electrons. The Balaban J connectivity index is 2.95. The summed E-state index contributed by atoms with van der Waals surface area (Å²) in [5, 5.41) is 1.10. The maximum absolute atomic E-state index is 4.25. The first-order valence-corrected chi connectivity index (χ1v) is 4.43. The van der Waals surface area contributed by atoms with Crippen LogP contribution in [-0.2, 0) is 0 Å². The first-order valence-electron chi connectivity index (χ1n) is 3.64. The SMILES string of the molecule is [CH2]c1ccc(Br)c2ncccc12. The molecule has 2 aromatic rings. The highest BCUT2D eigenvalue weighted by molar-refractivity contribution is 9.10. The zero-order chi connectivity index (χ0) is 8.55.